The third kappa shape index (κ3) is 6.75. The normalized spacial score (nSPS) is 17.9. The highest BCUT2D eigenvalue weighted by atomic mass is 32.2. The molecule has 1 aliphatic heterocycles. The number of thiophene rings is 1. The van der Waals surface area contributed by atoms with Crippen molar-refractivity contribution in [2.75, 3.05) is 29.2 Å². The number of anilines is 3. The monoisotopic (exact) mass is 621 g/mol. The molecule has 43 heavy (non-hydrogen) atoms. The summed E-state index contributed by atoms with van der Waals surface area (Å²) in [7, 11) is 0. The molecule has 2 aromatic carbocycles. The lowest BCUT2D eigenvalue weighted by Gasteiger charge is -2.18. The zero-order valence-electron chi connectivity index (χ0n) is 23.7. The van der Waals surface area contributed by atoms with Crippen molar-refractivity contribution in [1.29, 1.82) is 0 Å². The molecule has 10 nitrogen and oxygen atoms in total. The van der Waals surface area contributed by atoms with Gasteiger partial charge in [-0.05, 0) is 80.1 Å². The number of esters is 2. The van der Waals surface area contributed by atoms with Crippen molar-refractivity contribution in [3.05, 3.63) is 70.1 Å². The molecule has 1 aliphatic carbocycles. The SMILES string of the molecule is CCOC(=O)c1c(NC(=O)COC(=O)c2ccc(N3C(=O)CC(Sc4cccc(N)c4)C3=O)cc2)sc2c1CCC(C)C2. The van der Waals surface area contributed by atoms with Crippen molar-refractivity contribution in [2.24, 2.45) is 5.92 Å². The summed E-state index contributed by atoms with van der Waals surface area (Å²) >= 11 is 2.63. The van der Waals surface area contributed by atoms with Crippen LogP contribution in [0.3, 0.4) is 0 Å². The van der Waals surface area contributed by atoms with Crippen molar-refractivity contribution >= 4 is 69.1 Å². The summed E-state index contributed by atoms with van der Waals surface area (Å²) in [5, 5.41) is 2.53. The second-order valence-electron chi connectivity index (χ2n) is 10.4. The minimum atomic E-state index is -0.749. The number of thioether (sulfide) groups is 1. The van der Waals surface area contributed by atoms with E-state index in [-0.39, 0.29) is 30.4 Å². The number of hydrogen-bond donors (Lipinski definition) is 2. The van der Waals surface area contributed by atoms with Gasteiger partial charge in [-0.3, -0.25) is 14.4 Å². The fraction of sp³-hybridized carbons (Fsp3) is 0.323. The van der Waals surface area contributed by atoms with Crippen molar-refractivity contribution in [1.82, 2.24) is 0 Å². The Hall–Kier alpha value is -4.16. The summed E-state index contributed by atoms with van der Waals surface area (Å²) < 4.78 is 10.4. The average molecular weight is 622 g/mol. The van der Waals surface area contributed by atoms with E-state index in [1.54, 1.807) is 25.1 Å². The lowest BCUT2D eigenvalue weighted by Crippen LogP contribution is -2.31. The topological polar surface area (TPSA) is 145 Å². The Morgan fingerprint density at radius 2 is 1.84 bits per heavy atom. The average Bonchev–Trinajstić information content (AvgIpc) is 3.46. The second-order valence-corrected chi connectivity index (χ2v) is 12.8. The van der Waals surface area contributed by atoms with Gasteiger partial charge in [-0.25, -0.2) is 14.5 Å². The van der Waals surface area contributed by atoms with Gasteiger partial charge in [-0.15, -0.1) is 23.1 Å². The highest BCUT2D eigenvalue weighted by Gasteiger charge is 2.40. The second kappa shape index (κ2) is 13.0. The third-order valence-electron chi connectivity index (χ3n) is 7.18. The van der Waals surface area contributed by atoms with Crippen LogP contribution in [0.25, 0.3) is 0 Å². The first-order valence-electron chi connectivity index (χ1n) is 13.9. The zero-order chi connectivity index (χ0) is 30.7. The first-order valence-corrected chi connectivity index (χ1v) is 15.6. The van der Waals surface area contributed by atoms with E-state index in [4.69, 9.17) is 15.2 Å². The number of carbonyl (C=O) groups is 5. The number of imide groups is 1. The van der Waals surface area contributed by atoms with E-state index in [0.717, 1.165) is 39.5 Å². The standard InChI is InChI=1S/C31H31N3O7S2/c1-3-40-31(39)27-22-12-7-17(2)13-23(22)43-28(27)33-25(35)16-41-30(38)18-8-10-20(11-9-18)34-26(36)15-24(29(34)37)42-21-6-4-5-19(32)14-21/h4-6,8-11,14,17,24H,3,7,12-13,15-16,32H2,1-2H3,(H,33,35). The van der Waals surface area contributed by atoms with Crippen LogP contribution in [0.5, 0.6) is 0 Å². The molecule has 0 spiro atoms. The number of benzene rings is 2. The van der Waals surface area contributed by atoms with Crippen LogP contribution in [0.4, 0.5) is 16.4 Å². The zero-order valence-corrected chi connectivity index (χ0v) is 25.3. The van der Waals surface area contributed by atoms with Crippen LogP contribution in [-0.2, 0) is 36.7 Å². The first kappa shape index (κ1) is 30.3. The molecular weight excluding hydrogens is 590 g/mol. The van der Waals surface area contributed by atoms with Crippen molar-refractivity contribution in [3.63, 3.8) is 0 Å². The fourth-order valence-electron chi connectivity index (χ4n) is 5.10. The van der Waals surface area contributed by atoms with Crippen LogP contribution in [0.1, 0.15) is 57.8 Å². The molecule has 2 aliphatic rings. The lowest BCUT2D eigenvalue weighted by atomic mass is 9.88. The van der Waals surface area contributed by atoms with Gasteiger partial charge in [0.25, 0.3) is 5.91 Å². The molecule has 3 amide bonds. The van der Waals surface area contributed by atoms with Crippen molar-refractivity contribution < 1.29 is 33.4 Å². The molecule has 0 saturated carbocycles. The van der Waals surface area contributed by atoms with E-state index in [0.29, 0.717) is 27.9 Å². The van der Waals surface area contributed by atoms with Crippen LogP contribution in [0, 0.1) is 5.92 Å². The maximum absolute atomic E-state index is 13.0. The maximum Gasteiger partial charge on any atom is 0.341 e. The van der Waals surface area contributed by atoms with Gasteiger partial charge in [0.2, 0.25) is 11.8 Å². The van der Waals surface area contributed by atoms with Crippen LogP contribution >= 0.6 is 23.1 Å². The summed E-state index contributed by atoms with van der Waals surface area (Å²) in [5.74, 6) is -2.03. The number of nitrogens with two attached hydrogens (primary N) is 1. The van der Waals surface area contributed by atoms with Gasteiger partial charge in [0.05, 0.1) is 28.7 Å². The lowest BCUT2D eigenvalue weighted by molar-refractivity contribution is -0.121. The highest BCUT2D eigenvalue weighted by molar-refractivity contribution is 8.00. The number of amides is 3. The van der Waals surface area contributed by atoms with Crippen molar-refractivity contribution in [3.8, 4) is 0 Å². The molecule has 224 valence electrons. The molecule has 1 saturated heterocycles. The number of nitrogens with zero attached hydrogens (tertiary/aromatic N) is 1. The molecule has 1 fully saturated rings. The Morgan fingerprint density at radius 3 is 2.56 bits per heavy atom. The Balaban J connectivity index is 1.19. The summed E-state index contributed by atoms with van der Waals surface area (Å²) in [5.41, 5.74) is 8.17. The number of carbonyl (C=O) groups excluding carboxylic acids is 5. The number of rotatable bonds is 9. The summed E-state index contributed by atoms with van der Waals surface area (Å²) in [6.07, 6.45) is 2.55. The van der Waals surface area contributed by atoms with Gasteiger partial charge in [0.1, 0.15) is 5.00 Å². The summed E-state index contributed by atoms with van der Waals surface area (Å²) in [6, 6.07) is 13.0. The van der Waals surface area contributed by atoms with Crippen LogP contribution < -0.4 is 16.0 Å². The number of ether oxygens (including phenoxy) is 2. The van der Waals surface area contributed by atoms with Gasteiger partial charge in [0, 0.05) is 21.9 Å². The minimum Gasteiger partial charge on any atom is -0.462 e. The van der Waals surface area contributed by atoms with E-state index in [1.807, 2.05) is 6.07 Å². The van der Waals surface area contributed by atoms with Crippen molar-refractivity contribution in [2.45, 2.75) is 49.7 Å². The van der Waals surface area contributed by atoms with E-state index < -0.39 is 29.7 Å². The number of fused-ring (bicyclic) bond motifs is 1. The predicted octanol–water partition coefficient (Wildman–Crippen LogP) is 4.85. The first-order chi connectivity index (χ1) is 20.6. The van der Waals surface area contributed by atoms with E-state index in [1.165, 1.54) is 47.4 Å². The molecular formula is C31H31N3O7S2. The molecule has 0 radical (unpaired) electrons. The van der Waals surface area contributed by atoms with Gasteiger partial charge in [-0.2, -0.15) is 0 Å². The molecule has 12 heteroatoms. The number of hydrogen-bond acceptors (Lipinski definition) is 10. The molecule has 1 aromatic heterocycles. The fourth-order valence-corrected chi connectivity index (χ4v) is 7.64. The minimum absolute atomic E-state index is 0.0430. The number of nitrogen functional groups attached to an aromatic ring is 1. The summed E-state index contributed by atoms with van der Waals surface area (Å²) in [4.78, 5) is 66.7. The van der Waals surface area contributed by atoms with Gasteiger partial charge >= 0.3 is 11.9 Å². The largest absolute Gasteiger partial charge is 0.462 e. The van der Waals surface area contributed by atoms with Crippen LogP contribution in [-0.4, -0.2) is 48.1 Å². The van der Waals surface area contributed by atoms with E-state index in [9.17, 15) is 24.0 Å². The summed E-state index contributed by atoms with van der Waals surface area (Å²) in [6.45, 7) is 3.53. The molecule has 2 unspecified atom stereocenters. The van der Waals surface area contributed by atoms with Gasteiger partial charge in [0.15, 0.2) is 6.61 Å². The predicted molar refractivity (Wildman–Crippen MR) is 164 cm³/mol. The Labute approximate surface area is 256 Å². The van der Waals surface area contributed by atoms with Gasteiger partial charge in [-0.1, -0.05) is 13.0 Å². The molecule has 5 rings (SSSR count). The quantitative estimate of drug-likeness (QED) is 0.195. The highest BCUT2D eigenvalue weighted by Crippen LogP contribution is 2.40. The van der Waals surface area contributed by atoms with Crippen LogP contribution in [0.15, 0.2) is 53.4 Å². The van der Waals surface area contributed by atoms with Gasteiger partial charge < -0.3 is 20.5 Å². The molecule has 0 bridgehead atoms. The molecule has 2 atom stereocenters. The Morgan fingerprint density at radius 1 is 1.07 bits per heavy atom. The van der Waals surface area contributed by atoms with E-state index >= 15 is 0 Å². The Bertz CT molecular complexity index is 1580. The molecule has 3 N–H and O–H groups in total. The smallest absolute Gasteiger partial charge is 0.341 e. The van der Waals surface area contributed by atoms with Crippen LogP contribution in [0.2, 0.25) is 0 Å². The third-order valence-corrected chi connectivity index (χ3v) is 9.53. The molecule has 3 aromatic rings. The van der Waals surface area contributed by atoms with E-state index in [2.05, 4.69) is 12.2 Å². The maximum atomic E-state index is 13.0. The Kier molecular flexibility index (Phi) is 9.16. The number of nitrogens with one attached hydrogen (secondary N) is 1. The molecule has 2 heterocycles.